The number of anilines is 1. The number of likely N-dealkylation sites (N-methyl/N-ethyl adjacent to an activating group) is 1. The van der Waals surface area contributed by atoms with Crippen molar-refractivity contribution in [1.29, 1.82) is 0 Å². The van der Waals surface area contributed by atoms with Crippen LogP contribution in [0.25, 0.3) is 16.9 Å². The number of hydrogen-bond acceptors (Lipinski definition) is 6. The van der Waals surface area contributed by atoms with Gasteiger partial charge < -0.3 is 9.64 Å². The van der Waals surface area contributed by atoms with E-state index in [-0.39, 0.29) is 12.1 Å². The van der Waals surface area contributed by atoms with E-state index < -0.39 is 6.98 Å². The molecule has 5 heterocycles. The zero-order valence-electron chi connectivity index (χ0n) is 18.5. The highest BCUT2D eigenvalue weighted by molar-refractivity contribution is 5.86. The Morgan fingerprint density at radius 2 is 2.26 bits per heavy atom. The van der Waals surface area contributed by atoms with Crippen molar-refractivity contribution >= 4 is 16.9 Å². The van der Waals surface area contributed by atoms with Crippen molar-refractivity contribution in [2.45, 2.75) is 32.4 Å². The van der Waals surface area contributed by atoms with E-state index in [9.17, 15) is 0 Å². The van der Waals surface area contributed by atoms with Gasteiger partial charge in [0.15, 0.2) is 11.5 Å². The molecular formula is C19H25N7O. The average Bonchev–Trinajstić information content (AvgIpc) is 3.31. The fourth-order valence-corrected chi connectivity index (χ4v) is 4.05. The van der Waals surface area contributed by atoms with Crippen molar-refractivity contribution in [3.63, 3.8) is 0 Å². The molecule has 27 heavy (non-hydrogen) atoms. The van der Waals surface area contributed by atoms with Crippen LogP contribution in [0.5, 0.6) is 0 Å². The van der Waals surface area contributed by atoms with Gasteiger partial charge in [0.25, 0.3) is 0 Å². The van der Waals surface area contributed by atoms with Gasteiger partial charge in [-0.15, -0.1) is 0 Å². The van der Waals surface area contributed by atoms with Gasteiger partial charge in [-0.1, -0.05) is 0 Å². The van der Waals surface area contributed by atoms with Gasteiger partial charge in [-0.3, -0.25) is 10.00 Å². The second-order valence-corrected chi connectivity index (χ2v) is 7.31. The normalized spacial score (nSPS) is 25.9. The molecule has 0 aliphatic carbocycles. The van der Waals surface area contributed by atoms with Crippen LogP contribution in [0.15, 0.2) is 18.3 Å². The van der Waals surface area contributed by atoms with Gasteiger partial charge in [-0.2, -0.15) is 14.9 Å². The number of nitrogens with zero attached hydrogens (tertiary/aromatic N) is 6. The van der Waals surface area contributed by atoms with Crippen LogP contribution in [-0.2, 0) is 11.2 Å². The first-order valence-electron chi connectivity index (χ1n) is 10.9. The minimum Gasteiger partial charge on any atom is -0.377 e. The lowest BCUT2D eigenvalue weighted by Gasteiger charge is -2.35. The molecular weight excluding hydrogens is 342 g/mol. The van der Waals surface area contributed by atoms with Crippen LogP contribution >= 0.6 is 0 Å². The average molecular weight is 370 g/mol. The molecule has 142 valence electrons. The molecule has 1 saturated heterocycles. The maximum atomic E-state index is 8.02. The van der Waals surface area contributed by atoms with Crippen LogP contribution in [0.2, 0.25) is 0 Å². The molecule has 2 aliphatic rings. The summed E-state index contributed by atoms with van der Waals surface area (Å²) in [6.07, 6.45) is 2.23. The van der Waals surface area contributed by atoms with Gasteiger partial charge in [-0.25, -0.2) is 4.98 Å². The van der Waals surface area contributed by atoms with E-state index in [2.05, 4.69) is 22.0 Å². The molecule has 0 saturated carbocycles. The van der Waals surface area contributed by atoms with E-state index in [1.165, 1.54) is 0 Å². The SMILES string of the molecule is [2H]C([2H])([2H])N1CCc2nn(-c3ccn[nH]3)c3nc(N4CCOC[C@H]4C)cc(c23)C1C. The maximum absolute atomic E-state index is 8.02. The van der Waals surface area contributed by atoms with E-state index >= 15 is 0 Å². The highest BCUT2D eigenvalue weighted by Crippen LogP contribution is 2.36. The van der Waals surface area contributed by atoms with E-state index in [1.807, 2.05) is 19.1 Å². The number of H-pyrrole nitrogens is 1. The minimum absolute atomic E-state index is 0.179. The highest BCUT2D eigenvalue weighted by Gasteiger charge is 2.29. The molecule has 0 aromatic carbocycles. The number of ether oxygens (including phenoxy) is 1. The minimum atomic E-state index is -2.18. The molecule has 3 aromatic heterocycles. The van der Waals surface area contributed by atoms with Gasteiger partial charge in [0.05, 0.1) is 31.1 Å². The number of nitrogens with one attached hydrogen (secondary N) is 1. The molecule has 1 fully saturated rings. The summed E-state index contributed by atoms with van der Waals surface area (Å²) < 4.78 is 31.4. The highest BCUT2D eigenvalue weighted by atomic mass is 16.5. The lowest BCUT2D eigenvalue weighted by atomic mass is 10.0. The third-order valence-corrected chi connectivity index (χ3v) is 5.61. The Kier molecular flexibility index (Phi) is 3.20. The summed E-state index contributed by atoms with van der Waals surface area (Å²) in [5, 5.41) is 12.8. The number of aromatic amines is 1. The summed E-state index contributed by atoms with van der Waals surface area (Å²) in [5.74, 6) is 1.55. The van der Waals surface area contributed by atoms with Gasteiger partial charge in [0.2, 0.25) is 0 Å². The summed E-state index contributed by atoms with van der Waals surface area (Å²) in [7, 11) is 0. The fraction of sp³-hybridized carbons (Fsp3) is 0.526. The molecule has 8 nitrogen and oxygen atoms in total. The monoisotopic (exact) mass is 370 g/mol. The smallest absolute Gasteiger partial charge is 0.167 e. The Hall–Kier alpha value is -2.45. The Morgan fingerprint density at radius 3 is 3.04 bits per heavy atom. The topological polar surface area (TPSA) is 75.1 Å². The van der Waals surface area contributed by atoms with Crippen LogP contribution < -0.4 is 4.90 Å². The number of pyridine rings is 1. The fourth-order valence-electron chi connectivity index (χ4n) is 4.05. The molecule has 5 rings (SSSR count). The summed E-state index contributed by atoms with van der Waals surface area (Å²) >= 11 is 0. The van der Waals surface area contributed by atoms with Crippen molar-refractivity contribution in [1.82, 2.24) is 29.9 Å². The largest absolute Gasteiger partial charge is 0.377 e. The van der Waals surface area contributed by atoms with Crippen molar-refractivity contribution in [2.75, 3.05) is 38.2 Å². The van der Waals surface area contributed by atoms with E-state index in [1.54, 1.807) is 15.8 Å². The van der Waals surface area contributed by atoms with E-state index in [4.69, 9.17) is 18.9 Å². The first kappa shape index (κ1) is 13.7. The quantitative estimate of drug-likeness (QED) is 0.743. The third kappa shape index (κ3) is 2.62. The number of hydrogen-bond donors (Lipinski definition) is 1. The molecule has 2 atom stereocenters. The first-order valence-corrected chi connectivity index (χ1v) is 9.38. The third-order valence-electron chi connectivity index (χ3n) is 5.61. The lowest BCUT2D eigenvalue weighted by Crippen LogP contribution is -2.44. The number of aromatic nitrogens is 5. The van der Waals surface area contributed by atoms with E-state index in [0.29, 0.717) is 26.2 Å². The lowest BCUT2D eigenvalue weighted by molar-refractivity contribution is 0.0985. The number of morpholine rings is 1. The van der Waals surface area contributed by atoms with Gasteiger partial charge >= 0.3 is 0 Å². The van der Waals surface area contributed by atoms with Crippen LogP contribution in [0.3, 0.4) is 0 Å². The van der Waals surface area contributed by atoms with Crippen molar-refractivity contribution in [3.05, 3.63) is 29.6 Å². The molecule has 0 amide bonds. The summed E-state index contributed by atoms with van der Waals surface area (Å²) in [6.45, 7) is 4.31. The second kappa shape index (κ2) is 6.31. The predicted molar refractivity (Wildman–Crippen MR) is 103 cm³/mol. The number of rotatable bonds is 2. The van der Waals surface area contributed by atoms with Crippen LogP contribution in [0.4, 0.5) is 5.82 Å². The van der Waals surface area contributed by atoms with Gasteiger partial charge in [0.1, 0.15) is 5.82 Å². The summed E-state index contributed by atoms with van der Waals surface area (Å²) in [4.78, 5) is 8.80. The Bertz CT molecular complexity index is 1060. The van der Waals surface area contributed by atoms with Crippen LogP contribution in [0, 0.1) is 0 Å². The second-order valence-electron chi connectivity index (χ2n) is 7.31. The molecule has 2 aliphatic heterocycles. The van der Waals surface area contributed by atoms with E-state index in [0.717, 1.165) is 40.5 Å². The predicted octanol–water partition coefficient (Wildman–Crippen LogP) is 1.92. The molecule has 8 heteroatoms. The van der Waals surface area contributed by atoms with Crippen molar-refractivity contribution < 1.29 is 8.85 Å². The molecule has 0 radical (unpaired) electrons. The van der Waals surface area contributed by atoms with Gasteiger partial charge in [-0.05, 0) is 32.5 Å². The first-order chi connectivity index (χ1) is 14.3. The van der Waals surface area contributed by atoms with Crippen LogP contribution in [-0.4, -0.2) is 69.2 Å². The maximum Gasteiger partial charge on any atom is 0.167 e. The molecule has 0 bridgehead atoms. The van der Waals surface area contributed by atoms with Crippen molar-refractivity contribution in [2.24, 2.45) is 0 Å². The van der Waals surface area contributed by atoms with Gasteiger partial charge in [0, 0.05) is 41.1 Å². The zero-order chi connectivity index (χ0) is 21.0. The Balaban J connectivity index is 1.74. The van der Waals surface area contributed by atoms with Crippen molar-refractivity contribution in [3.8, 4) is 5.82 Å². The summed E-state index contributed by atoms with van der Waals surface area (Å²) in [6, 6.07) is 3.78. The standard InChI is InChI=1S/C19H25N7O/c1-12-11-27-9-8-25(12)17-10-14-13(2)24(3)7-5-15-18(14)19(21-17)26(23-15)16-4-6-20-22-16/h4,6,10,12-13H,5,7-9,11H2,1-3H3,(H,20,22)/t12-,13?/m1/s1/i3D3. The molecule has 0 spiro atoms. The summed E-state index contributed by atoms with van der Waals surface area (Å²) in [5.41, 5.74) is 2.53. The Labute approximate surface area is 162 Å². The van der Waals surface area contributed by atoms with Crippen LogP contribution in [0.1, 0.15) is 35.3 Å². The molecule has 1 N–H and O–H groups in total. The Morgan fingerprint density at radius 1 is 1.33 bits per heavy atom. The molecule has 3 aromatic rings. The zero-order valence-corrected chi connectivity index (χ0v) is 15.5. The molecule has 1 unspecified atom stereocenters.